The van der Waals surface area contributed by atoms with Gasteiger partial charge in [0, 0.05) is 31.3 Å². The third-order valence-corrected chi connectivity index (χ3v) is 3.55. The summed E-state index contributed by atoms with van der Waals surface area (Å²) in [6, 6.07) is 6.62. The van der Waals surface area contributed by atoms with E-state index in [1.165, 1.54) is 6.07 Å². The lowest BCUT2D eigenvalue weighted by Crippen LogP contribution is -2.51. The molecule has 1 unspecified atom stereocenters. The van der Waals surface area contributed by atoms with Crippen molar-refractivity contribution in [2.75, 3.05) is 13.1 Å². The summed E-state index contributed by atoms with van der Waals surface area (Å²) in [5.74, 6) is -1.09. The van der Waals surface area contributed by atoms with Crippen molar-refractivity contribution in [3.63, 3.8) is 0 Å². The van der Waals surface area contributed by atoms with Crippen LogP contribution < -0.4 is 0 Å². The highest BCUT2D eigenvalue weighted by Gasteiger charge is 2.36. The monoisotopic (exact) mass is 264 g/mol. The molecule has 1 atom stereocenters. The van der Waals surface area contributed by atoms with Gasteiger partial charge in [-0.25, -0.2) is 0 Å². The predicted octanol–water partition coefficient (Wildman–Crippen LogP) is 2.06. The molecule has 1 saturated heterocycles. The zero-order chi connectivity index (χ0) is 14.0. The van der Waals surface area contributed by atoms with Gasteiger partial charge in [-0.3, -0.25) is 19.8 Å². The molecule has 2 rings (SSSR count). The van der Waals surface area contributed by atoms with Gasteiger partial charge >= 0.3 is 5.97 Å². The first-order valence-electron chi connectivity index (χ1n) is 6.24. The van der Waals surface area contributed by atoms with E-state index in [0.717, 1.165) is 12.0 Å². The Morgan fingerprint density at radius 2 is 2.26 bits per heavy atom. The molecule has 1 heterocycles. The van der Waals surface area contributed by atoms with Crippen molar-refractivity contribution in [3.05, 3.63) is 39.9 Å². The normalized spacial score (nSPS) is 17.7. The highest BCUT2D eigenvalue weighted by atomic mass is 16.6. The van der Waals surface area contributed by atoms with Crippen molar-refractivity contribution in [1.82, 2.24) is 4.90 Å². The quantitative estimate of drug-likeness (QED) is 0.650. The van der Waals surface area contributed by atoms with E-state index >= 15 is 0 Å². The molecule has 1 aliphatic heterocycles. The van der Waals surface area contributed by atoms with Crippen molar-refractivity contribution >= 4 is 11.7 Å². The van der Waals surface area contributed by atoms with Gasteiger partial charge in [0.05, 0.1) is 10.8 Å². The zero-order valence-corrected chi connectivity index (χ0v) is 10.7. The summed E-state index contributed by atoms with van der Waals surface area (Å²) in [6.07, 6.45) is 0.799. The molecule has 0 saturated carbocycles. The maximum atomic E-state index is 10.8. The zero-order valence-electron chi connectivity index (χ0n) is 10.7. The summed E-state index contributed by atoms with van der Waals surface area (Å²) in [4.78, 5) is 23.2. The molecular formula is C13H16N2O4. The summed E-state index contributed by atoms with van der Waals surface area (Å²) >= 11 is 0. The van der Waals surface area contributed by atoms with Crippen LogP contribution in [-0.2, 0) is 4.79 Å². The average molecular weight is 264 g/mol. The molecule has 1 aromatic carbocycles. The number of nitro benzene ring substituents is 1. The first-order valence-corrected chi connectivity index (χ1v) is 6.24. The summed E-state index contributed by atoms with van der Waals surface area (Å²) in [5.41, 5.74) is 0.951. The lowest BCUT2D eigenvalue weighted by atomic mass is 9.93. The number of carboxylic acids is 1. The molecule has 0 aliphatic carbocycles. The van der Waals surface area contributed by atoms with E-state index in [0.29, 0.717) is 13.1 Å². The van der Waals surface area contributed by atoms with Crippen molar-refractivity contribution in [2.45, 2.75) is 19.4 Å². The second-order valence-corrected chi connectivity index (χ2v) is 4.77. The molecule has 6 nitrogen and oxygen atoms in total. The van der Waals surface area contributed by atoms with Gasteiger partial charge < -0.3 is 5.11 Å². The van der Waals surface area contributed by atoms with Crippen LogP contribution in [0.1, 0.15) is 24.9 Å². The number of nitro groups is 1. The Morgan fingerprint density at radius 3 is 2.79 bits per heavy atom. The standard InChI is InChI=1S/C13H16N2O4/c1-2-12(14-7-10(8-14)13(16)17)9-4-3-5-11(6-9)15(18)19/h3-6,10,12H,2,7-8H2,1H3,(H,16,17). The van der Waals surface area contributed by atoms with E-state index in [-0.39, 0.29) is 17.6 Å². The fourth-order valence-electron chi connectivity index (χ4n) is 2.47. The van der Waals surface area contributed by atoms with Gasteiger partial charge in [0.25, 0.3) is 5.69 Å². The van der Waals surface area contributed by atoms with Crippen LogP contribution in [0.3, 0.4) is 0 Å². The van der Waals surface area contributed by atoms with Gasteiger partial charge in [0.2, 0.25) is 0 Å². The third-order valence-electron chi connectivity index (χ3n) is 3.55. The first-order chi connectivity index (χ1) is 9.02. The fourth-order valence-corrected chi connectivity index (χ4v) is 2.47. The highest BCUT2D eigenvalue weighted by Crippen LogP contribution is 2.32. The number of nitrogens with zero attached hydrogens (tertiary/aromatic N) is 2. The number of rotatable bonds is 5. The number of aliphatic carboxylic acids is 1. The molecule has 19 heavy (non-hydrogen) atoms. The van der Waals surface area contributed by atoms with Crippen molar-refractivity contribution in [2.24, 2.45) is 5.92 Å². The molecular weight excluding hydrogens is 248 g/mol. The second kappa shape index (κ2) is 5.36. The van der Waals surface area contributed by atoms with Crippen LogP contribution in [-0.4, -0.2) is 34.0 Å². The number of non-ortho nitro benzene ring substituents is 1. The molecule has 6 heteroatoms. The summed E-state index contributed by atoms with van der Waals surface area (Å²) in [5, 5.41) is 19.7. The van der Waals surface area contributed by atoms with Gasteiger partial charge in [0.15, 0.2) is 0 Å². The predicted molar refractivity (Wildman–Crippen MR) is 68.8 cm³/mol. The summed E-state index contributed by atoms with van der Waals surface area (Å²) < 4.78 is 0. The number of carbonyl (C=O) groups is 1. The third kappa shape index (κ3) is 2.73. The van der Waals surface area contributed by atoms with Crippen LogP contribution >= 0.6 is 0 Å². The lowest BCUT2D eigenvalue weighted by molar-refractivity contribution is -0.385. The Kier molecular flexibility index (Phi) is 3.80. The molecule has 0 amide bonds. The van der Waals surface area contributed by atoms with Gasteiger partial charge in [-0.15, -0.1) is 0 Å². The number of hydrogen-bond donors (Lipinski definition) is 1. The van der Waals surface area contributed by atoms with Crippen LogP contribution in [0.5, 0.6) is 0 Å². The maximum absolute atomic E-state index is 10.8. The molecule has 1 aliphatic rings. The Bertz CT molecular complexity index is 497. The molecule has 0 radical (unpaired) electrons. The van der Waals surface area contributed by atoms with Crippen LogP contribution in [0.25, 0.3) is 0 Å². The van der Waals surface area contributed by atoms with Crippen molar-refractivity contribution in [1.29, 1.82) is 0 Å². The number of carboxylic acid groups (broad SMARTS) is 1. The SMILES string of the molecule is CCC(c1cccc([N+](=O)[O-])c1)N1CC(C(=O)O)C1. The van der Waals surface area contributed by atoms with Crippen molar-refractivity contribution in [3.8, 4) is 0 Å². The minimum atomic E-state index is -0.773. The van der Waals surface area contributed by atoms with Crippen LogP contribution in [0.15, 0.2) is 24.3 Å². The second-order valence-electron chi connectivity index (χ2n) is 4.77. The van der Waals surface area contributed by atoms with E-state index in [2.05, 4.69) is 4.90 Å². The fraction of sp³-hybridized carbons (Fsp3) is 0.462. The van der Waals surface area contributed by atoms with Crippen LogP contribution in [0, 0.1) is 16.0 Å². The Balaban J connectivity index is 2.12. The minimum Gasteiger partial charge on any atom is -0.481 e. The molecule has 1 aromatic rings. The molecule has 0 spiro atoms. The first kappa shape index (κ1) is 13.5. The number of benzene rings is 1. The maximum Gasteiger partial charge on any atom is 0.309 e. The van der Waals surface area contributed by atoms with Gasteiger partial charge in [0.1, 0.15) is 0 Å². The van der Waals surface area contributed by atoms with E-state index in [1.807, 2.05) is 13.0 Å². The summed E-state index contributed by atoms with van der Waals surface area (Å²) in [7, 11) is 0. The number of hydrogen-bond acceptors (Lipinski definition) is 4. The van der Waals surface area contributed by atoms with E-state index in [4.69, 9.17) is 5.11 Å². The topological polar surface area (TPSA) is 83.7 Å². The molecule has 0 bridgehead atoms. The lowest BCUT2D eigenvalue weighted by Gasteiger charge is -2.42. The summed E-state index contributed by atoms with van der Waals surface area (Å²) in [6.45, 7) is 3.02. The Hall–Kier alpha value is -1.95. The molecule has 1 fully saturated rings. The molecule has 0 aromatic heterocycles. The molecule has 102 valence electrons. The smallest absolute Gasteiger partial charge is 0.309 e. The van der Waals surface area contributed by atoms with Gasteiger partial charge in [-0.05, 0) is 12.0 Å². The average Bonchev–Trinajstić information content (AvgIpc) is 2.32. The highest BCUT2D eigenvalue weighted by molar-refractivity contribution is 5.71. The van der Waals surface area contributed by atoms with Gasteiger partial charge in [-0.1, -0.05) is 19.1 Å². The van der Waals surface area contributed by atoms with E-state index in [1.54, 1.807) is 12.1 Å². The van der Waals surface area contributed by atoms with Crippen LogP contribution in [0.2, 0.25) is 0 Å². The van der Waals surface area contributed by atoms with E-state index < -0.39 is 10.9 Å². The van der Waals surface area contributed by atoms with Crippen LogP contribution in [0.4, 0.5) is 5.69 Å². The van der Waals surface area contributed by atoms with E-state index in [9.17, 15) is 14.9 Å². The molecule has 1 N–H and O–H groups in total. The Morgan fingerprint density at radius 1 is 1.58 bits per heavy atom. The number of likely N-dealkylation sites (tertiary alicyclic amines) is 1. The van der Waals surface area contributed by atoms with Crippen molar-refractivity contribution < 1.29 is 14.8 Å². The Labute approximate surface area is 110 Å². The minimum absolute atomic E-state index is 0.0514. The largest absolute Gasteiger partial charge is 0.481 e. The van der Waals surface area contributed by atoms with Gasteiger partial charge in [-0.2, -0.15) is 0 Å².